The molecule has 5 N–H and O–H groups in total. The molecule has 1 unspecified atom stereocenters. The summed E-state index contributed by atoms with van der Waals surface area (Å²) in [5.74, 6) is -2.46. The average molecular weight is 730 g/mol. The fraction of sp³-hybridized carbons (Fsp3) is 0.205. The van der Waals surface area contributed by atoms with E-state index >= 15 is 0 Å². The number of para-hydroxylation sites is 1. The van der Waals surface area contributed by atoms with Gasteiger partial charge in [-0.15, -0.1) is 11.3 Å². The average Bonchev–Trinajstić information content (AvgIpc) is 3.69. The van der Waals surface area contributed by atoms with Crippen LogP contribution in [0.1, 0.15) is 72.7 Å². The second kappa shape index (κ2) is 15.1. The number of benzene rings is 3. The maximum absolute atomic E-state index is 13.5. The molecule has 0 spiro atoms. The van der Waals surface area contributed by atoms with E-state index in [2.05, 4.69) is 31.6 Å². The van der Waals surface area contributed by atoms with Crippen LogP contribution in [0, 0.1) is 6.92 Å². The van der Waals surface area contributed by atoms with E-state index in [1.807, 2.05) is 60.8 Å². The lowest BCUT2D eigenvalue weighted by atomic mass is 10.0. The van der Waals surface area contributed by atoms with Gasteiger partial charge in [0.25, 0.3) is 23.6 Å². The van der Waals surface area contributed by atoms with Crippen LogP contribution in [0.15, 0.2) is 84.4 Å². The molecule has 2 aliphatic rings. The molecule has 0 saturated carbocycles. The highest BCUT2D eigenvalue weighted by molar-refractivity contribution is 7.17. The summed E-state index contributed by atoms with van der Waals surface area (Å²) in [4.78, 5) is 82.1. The Kier molecular flexibility index (Phi) is 9.95. The molecule has 268 valence electrons. The molecule has 5 aromatic rings. The minimum Gasteiger partial charge on any atom is -0.385 e. The van der Waals surface area contributed by atoms with Crippen molar-refractivity contribution in [3.8, 4) is 0 Å². The highest BCUT2D eigenvalue weighted by atomic mass is 32.1. The minimum absolute atomic E-state index is 0.0548. The Balaban J connectivity index is 0.948. The summed E-state index contributed by atoms with van der Waals surface area (Å²) in [7, 11) is 0. The number of carbonyl (C=O) groups is 6. The molecule has 6 amide bonds. The Morgan fingerprint density at radius 1 is 0.887 bits per heavy atom. The van der Waals surface area contributed by atoms with Gasteiger partial charge in [0.15, 0.2) is 5.82 Å². The van der Waals surface area contributed by atoms with Gasteiger partial charge >= 0.3 is 0 Å². The number of piperidine rings is 1. The molecular weight excluding hydrogens is 695 g/mol. The number of aromatic nitrogens is 1. The Morgan fingerprint density at radius 3 is 2.49 bits per heavy atom. The molecule has 4 heterocycles. The summed E-state index contributed by atoms with van der Waals surface area (Å²) in [5, 5.41) is 17.3. The number of unbranched alkanes of at least 4 members (excludes halogenated alkanes) is 1. The molecule has 53 heavy (non-hydrogen) atoms. The SMILES string of the molecule is Cc1ccccc1Nc1ncc(C(=O)NCCCCNc2ccc3c(c2)C(=O)N(C2CCC(=O)NC2=O)C3=O)cc1NC(=O)c1csc2ccccc12. The number of pyridine rings is 1. The van der Waals surface area contributed by atoms with Crippen LogP contribution >= 0.6 is 11.3 Å². The van der Waals surface area contributed by atoms with Crippen LogP contribution in [0.25, 0.3) is 10.1 Å². The first-order chi connectivity index (χ1) is 25.7. The number of nitrogens with zero attached hydrogens (tertiary/aromatic N) is 2. The van der Waals surface area contributed by atoms with E-state index in [1.165, 1.54) is 17.5 Å². The van der Waals surface area contributed by atoms with E-state index in [-0.39, 0.29) is 41.3 Å². The summed E-state index contributed by atoms with van der Waals surface area (Å²) < 4.78 is 0.995. The van der Waals surface area contributed by atoms with E-state index in [4.69, 9.17) is 0 Å². The van der Waals surface area contributed by atoms with Gasteiger partial charge in [-0.1, -0.05) is 36.4 Å². The molecule has 14 heteroatoms. The third-order valence-electron chi connectivity index (χ3n) is 9.18. The molecule has 1 saturated heterocycles. The molecule has 3 aromatic carbocycles. The van der Waals surface area contributed by atoms with Crippen molar-refractivity contribution in [2.75, 3.05) is 29.0 Å². The third kappa shape index (κ3) is 7.35. The van der Waals surface area contributed by atoms with E-state index in [1.54, 1.807) is 24.3 Å². The summed E-state index contributed by atoms with van der Waals surface area (Å²) in [6.45, 7) is 2.87. The van der Waals surface area contributed by atoms with Crippen molar-refractivity contribution in [3.05, 3.63) is 112 Å². The number of nitrogens with one attached hydrogen (secondary N) is 5. The number of hydrogen-bond donors (Lipinski definition) is 5. The number of fused-ring (bicyclic) bond motifs is 2. The zero-order valence-electron chi connectivity index (χ0n) is 28.7. The van der Waals surface area contributed by atoms with Gasteiger partial charge < -0.3 is 21.3 Å². The van der Waals surface area contributed by atoms with E-state index in [0.29, 0.717) is 48.7 Å². The van der Waals surface area contributed by atoms with Gasteiger partial charge in [-0.25, -0.2) is 4.98 Å². The van der Waals surface area contributed by atoms with Crippen molar-refractivity contribution in [1.82, 2.24) is 20.5 Å². The Bertz CT molecular complexity index is 2300. The predicted molar refractivity (Wildman–Crippen MR) is 202 cm³/mol. The molecule has 2 aliphatic heterocycles. The molecule has 13 nitrogen and oxygen atoms in total. The second-order valence-corrected chi connectivity index (χ2v) is 13.7. The first-order valence-corrected chi connectivity index (χ1v) is 18.0. The molecule has 0 aliphatic carbocycles. The molecule has 0 radical (unpaired) electrons. The molecule has 1 fully saturated rings. The Hall–Kier alpha value is -6.41. The van der Waals surface area contributed by atoms with Crippen LogP contribution in [-0.4, -0.2) is 64.5 Å². The molecule has 1 atom stereocenters. The molecular formula is C39H35N7O6S. The van der Waals surface area contributed by atoms with Gasteiger partial charge in [-0.2, -0.15) is 0 Å². The van der Waals surface area contributed by atoms with Crippen molar-refractivity contribution in [3.63, 3.8) is 0 Å². The van der Waals surface area contributed by atoms with Crippen LogP contribution in [-0.2, 0) is 9.59 Å². The fourth-order valence-electron chi connectivity index (χ4n) is 6.34. The lowest BCUT2D eigenvalue weighted by Gasteiger charge is -2.27. The second-order valence-electron chi connectivity index (χ2n) is 12.8. The fourth-order valence-corrected chi connectivity index (χ4v) is 7.28. The van der Waals surface area contributed by atoms with E-state index in [9.17, 15) is 28.8 Å². The summed E-state index contributed by atoms with van der Waals surface area (Å²) in [6, 6.07) is 20.8. The lowest BCUT2D eigenvalue weighted by molar-refractivity contribution is -0.136. The van der Waals surface area contributed by atoms with Gasteiger partial charge in [-0.05, 0) is 68.1 Å². The van der Waals surface area contributed by atoms with Crippen LogP contribution in [0.2, 0.25) is 0 Å². The maximum atomic E-state index is 13.5. The number of imide groups is 2. The zero-order valence-corrected chi connectivity index (χ0v) is 29.5. The minimum atomic E-state index is -1.02. The molecule has 0 bridgehead atoms. The normalized spacial score (nSPS) is 15.3. The van der Waals surface area contributed by atoms with Crippen molar-refractivity contribution < 1.29 is 28.8 Å². The van der Waals surface area contributed by atoms with E-state index in [0.717, 1.165) is 26.2 Å². The number of aryl methyl sites for hydroxylation is 1. The van der Waals surface area contributed by atoms with Gasteiger partial charge in [-0.3, -0.25) is 39.0 Å². The van der Waals surface area contributed by atoms with Gasteiger partial charge in [0.2, 0.25) is 11.8 Å². The lowest BCUT2D eigenvalue weighted by Crippen LogP contribution is -2.54. The maximum Gasteiger partial charge on any atom is 0.262 e. The van der Waals surface area contributed by atoms with Crippen LogP contribution in [0.4, 0.5) is 22.9 Å². The van der Waals surface area contributed by atoms with Gasteiger partial charge in [0.05, 0.1) is 27.9 Å². The Labute approximate surface area is 308 Å². The topological polar surface area (TPSA) is 179 Å². The third-order valence-corrected chi connectivity index (χ3v) is 10.1. The molecule has 2 aromatic heterocycles. The summed E-state index contributed by atoms with van der Waals surface area (Å²) in [5.41, 5.74) is 4.03. The standard InChI is InChI=1S/C39H35N7O6S/c1-22-8-2-4-10-29(22)43-34-30(44-36(49)28-21-53-32-11-5-3-9-25(28)32)18-23(20-42-34)35(48)41-17-7-6-16-40-24-12-13-26-27(19-24)39(52)46(38(26)51)31-14-15-33(47)45-37(31)50/h2-5,8-13,18-21,31,40H,6-7,14-17H2,1H3,(H,41,48)(H,42,43)(H,44,49)(H,45,47,50). The highest BCUT2D eigenvalue weighted by Crippen LogP contribution is 2.31. The highest BCUT2D eigenvalue weighted by Gasteiger charge is 2.44. The van der Waals surface area contributed by atoms with Crippen LogP contribution in [0.3, 0.4) is 0 Å². The number of carbonyl (C=O) groups excluding carboxylic acids is 6. The van der Waals surface area contributed by atoms with Gasteiger partial charge in [0.1, 0.15) is 6.04 Å². The van der Waals surface area contributed by atoms with Gasteiger partial charge in [0, 0.05) is 52.5 Å². The number of amides is 6. The quantitative estimate of drug-likeness (QED) is 0.0805. The smallest absolute Gasteiger partial charge is 0.262 e. The number of rotatable bonds is 12. The van der Waals surface area contributed by atoms with Crippen molar-refractivity contribution in [1.29, 1.82) is 0 Å². The van der Waals surface area contributed by atoms with Crippen molar-refractivity contribution in [2.24, 2.45) is 0 Å². The summed E-state index contributed by atoms with van der Waals surface area (Å²) in [6.07, 6.45) is 2.93. The number of anilines is 4. The summed E-state index contributed by atoms with van der Waals surface area (Å²) >= 11 is 1.48. The molecule has 7 rings (SSSR count). The Morgan fingerprint density at radius 2 is 1.66 bits per heavy atom. The van der Waals surface area contributed by atoms with Crippen molar-refractivity contribution in [2.45, 2.75) is 38.6 Å². The van der Waals surface area contributed by atoms with Crippen LogP contribution in [0.5, 0.6) is 0 Å². The zero-order chi connectivity index (χ0) is 37.1. The van der Waals surface area contributed by atoms with Crippen molar-refractivity contribution >= 4 is 79.7 Å². The largest absolute Gasteiger partial charge is 0.385 e. The first kappa shape index (κ1) is 35.0. The first-order valence-electron chi connectivity index (χ1n) is 17.2. The monoisotopic (exact) mass is 729 g/mol. The van der Waals surface area contributed by atoms with Crippen LogP contribution < -0.4 is 26.6 Å². The number of thiophene rings is 1. The van der Waals surface area contributed by atoms with E-state index < -0.39 is 29.7 Å². The predicted octanol–water partition coefficient (Wildman–Crippen LogP) is 5.62. The number of hydrogen-bond acceptors (Lipinski definition) is 10.